The Morgan fingerprint density at radius 2 is 2.23 bits per heavy atom. The van der Waals surface area contributed by atoms with E-state index in [-0.39, 0.29) is 6.10 Å². The zero-order chi connectivity index (χ0) is 15.8. The van der Waals surface area contributed by atoms with Crippen molar-refractivity contribution in [1.29, 1.82) is 0 Å². The molecular formula is C17H27N3O2. The molecule has 0 aromatic heterocycles. The molecule has 1 fully saturated rings. The van der Waals surface area contributed by atoms with Crippen LogP contribution >= 0.6 is 0 Å². The molecule has 1 aliphatic rings. The average Bonchev–Trinajstić information content (AvgIpc) is 2.95. The van der Waals surface area contributed by atoms with Crippen molar-refractivity contribution >= 4 is 5.96 Å². The van der Waals surface area contributed by atoms with Gasteiger partial charge in [-0.3, -0.25) is 4.99 Å². The van der Waals surface area contributed by atoms with E-state index in [1.807, 2.05) is 25.1 Å². The summed E-state index contributed by atoms with van der Waals surface area (Å²) < 4.78 is 5.65. The molecule has 5 heteroatoms. The highest BCUT2D eigenvalue weighted by molar-refractivity contribution is 5.80. The third-order valence-electron chi connectivity index (χ3n) is 3.71. The van der Waals surface area contributed by atoms with E-state index >= 15 is 0 Å². The van der Waals surface area contributed by atoms with E-state index in [4.69, 9.17) is 9.73 Å². The summed E-state index contributed by atoms with van der Waals surface area (Å²) in [7, 11) is 0. The topological polar surface area (TPSA) is 57.1 Å². The number of guanidine groups is 1. The monoisotopic (exact) mass is 305 g/mol. The van der Waals surface area contributed by atoms with E-state index in [1.54, 1.807) is 0 Å². The fourth-order valence-corrected chi connectivity index (χ4v) is 2.65. The number of hydrogen-bond donors (Lipinski definition) is 2. The highest BCUT2D eigenvalue weighted by Crippen LogP contribution is 2.18. The second-order valence-electron chi connectivity index (χ2n) is 5.41. The van der Waals surface area contributed by atoms with Crippen LogP contribution in [-0.2, 0) is 6.42 Å². The molecule has 1 saturated heterocycles. The Hall–Kier alpha value is -1.75. The molecule has 0 aliphatic carbocycles. The van der Waals surface area contributed by atoms with Gasteiger partial charge in [0.25, 0.3) is 0 Å². The fraction of sp³-hybridized carbons (Fsp3) is 0.588. The Labute approximate surface area is 133 Å². The number of likely N-dealkylation sites (tertiary alicyclic amines) is 1. The van der Waals surface area contributed by atoms with Crippen LogP contribution in [0, 0.1) is 0 Å². The summed E-state index contributed by atoms with van der Waals surface area (Å²) in [6.07, 6.45) is 1.43. The molecule has 0 saturated carbocycles. The van der Waals surface area contributed by atoms with Gasteiger partial charge in [-0.15, -0.1) is 0 Å². The molecule has 22 heavy (non-hydrogen) atoms. The first-order chi connectivity index (χ1) is 10.7. The van der Waals surface area contributed by atoms with Gasteiger partial charge in [0.05, 0.1) is 12.7 Å². The zero-order valence-corrected chi connectivity index (χ0v) is 13.6. The normalized spacial score (nSPS) is 18.6. The van der Waals surface area contributed by atoms with Crippen molar-refractivity contribution < 1.29 is 9.84 Å². The predicted octanol–water partition coefficient (Wildman–Crippen LogP) is 1.66. The minimum absolute atomic E-state index is 0.234. The molecule has 1 heterocycles. The molecule has 0 unspecified atom stereocenters. The summed E-state index contributed by atoms with van der Waals surface area (Å²) in [5.74, 6) is 1.84. The van der Waals surface area contributed by atoms with E-state index in [0.717, 1.165) is 37.6 Å². The van der Waals surface area contributed by atoms with Gasteiger partial charge in [0.2, 0.25) is 0 Å². The Kier molecular flexibility index (Phi) is 6.52. The fourth-order valence-electron chi connectivity index (χ4n) is 2.65. The van der Waals surface area contributed by atoms with Gasteiger partial charge < -0.3 is 20.1 Å². The van der Waals surface area contributed by atoms with Crippen LogP contribution in [0.3, 0.4) is 0 Å². The first-order valence-electron chi connectivity index (χ1n) is 8.16. The summed E-state index contributed by atoms with van der Waals surface area (Å²) in [5, 5.41) is 13.0. The molecule has 1 atom stereocenters. The summed E-state index contributed by atoms with van der Waals surface area (Å²) in [4.78, 5) is 6.82. The number of nitrogens with zero attached hydrogens (tertiary/aromatic N) is 2. The molecule has 2 N–H and O–H groups in total. The lowest BCUT2D eigenvalue weighted by Crippen LogP contribution is -2.40. The number of para-hydroxylation sites is 1. The Balaban J connectivity index is 1.96. The van der Waals surface area contributed by atoms with Crippen LogP contribution in [0.5, 0.6) is 5.75 Å². The molecule has 5 nitrogen and oxygen atoms in total. The summed E-state index contributed by atoms with van der Waals surface area (Å²) in [6, 6.07) is 8.12. The number of ether oxygens (including phenoxy) is 1. The first kappa shape index (κ1) is 16.6. The van der Waals surface area contributed by atoms with Gasteiger partial charge in [-0.1, -0.05) is 18.2 Å². The second-order valence-corrected chi connectivity index (χ2v) is 5.41. The van der Waals surface area contributed by atoms with Gasteiger partial charge in [-0.05, 0) is 38.3 Å². The van der Waals surface area contributed by atoms with Crippen molar-refractivity contribution in [2.45, 2.75) is 32.8 Å². The largest absolute Gasteiger partial charge is 0.494 e. The van der Waals surface area contributed by atoms with E-state index in [9.17, 15) is 5.11 Å². The molecule has 2 rings (SSSR count). The SMILES string of the molecule is CCNC(=NCCc1ccccc1OCC)N1CC[C@@H](O)C1. The van der Waals surface area contributed by atoms with Crippen LogP contribution < -0.4 is 10.1 Å². The lowest BCUT2D eigenvalue weighted by molar-refractivity contribution is 0.188. The maximum absolute atomic E-state index is 9.67. The average molecular weight is 305 g/mol. The number of hydrogen-bond acceptors (Lipinski definition) is 3. The molecule has 1 aromatic rings. The first-order valence-corrected chi connectivity index (χ1v) is 8.16. The second kappa shape index (κ2) is 8.63. The van der Waals surface area contributed by atoms with Gasteiger partial charge in [0.15, 0.2) is 5.96 Å². The number of aliphatic hydroxyl groups excluding tert-OH is 1. The van der Waals surface area contributed by atoms with E-state index < -0.39 is 0 Å². The highest BCUT2D eigenvalue weighted by Gasteiger charge is 2.22. The quantitative estimate of drug-likeness (QED) is 0.620. The number of rotatable bonds is 6. The minimum atomic E-state index is -0.234. The maximum atomic E-state index is 9.67. The lowest BCUT2D eigenvalue weighted by atomic mass is 10.1. The molecule has 0 bridgehead atoms. The number of aliphatic imine (C=N–C) groups is 1. The number of β-amino-alcohol motifs (C(OH)–C–C–N with tert-alkyl or cyclic N) is 1. The lowest BCUT2D eigenvalue weighted by Gasteiger charge is -2.21. The van der Waals surface area contributed by atoms with Crippen molar-refractivity contribution in [3.63, 3.8) is 0 Å². The van der Waals surface area contributed by atoms with E-state index in [1.165, 1.54) is 5.56 Å². The highest BCUT2D eigenvalue weighted by atomic mass is 16.5. The minimum Gasteiger partial charge on any atom is -0.494 e. The molecule has 1 aliphatic heterocycles. The molecule has 0 amide bonds. The zero-order valence-electron chi connectivity index (χ0n) is 13.6. The van der Waals surface area contributed by atoms with Gasteiger partial charge in [0.1, 0.15) is 5.75 Å². The van der Waals surface area contributed by atoms with E-state index in [0.29, 0.717) is 19.7 Å². The van der Waals surface area contributed by atoms with Crippen LogP contribution in [0.1, 0.15) is 25.8 Å². The molecule has 122 valence electrons. The van der Waals surface area contributed by atoms with Gasteiger partial charge in [-0.25, -0.2) is 0 Å². The van der Waals surface area contributed by atoms with Gasteiger partial charge in [0, 0.05) is 26.2 Å². The number of nitrogens with one attached hydrogen (secondary N) is 1. The van der Waals surface area contributed by atoms with Gasteiger partial charge in [-0.2, -0.15) is 0 Å². The van der Waals surface area contributed by atoms with Crippen LogP contribution in [-0.4, -0.2) is 54.9 Å². The molecule has 0 radical (unpaired) electrons. The van der Waals surface area contributed by atoms with Gasteiger partial charge >= 0.3 is 0 Å². The Morgan fingerprint density at radius 3 is 2.91 bits per heavy atom. The standard InChI is InChI=1S/C17H27N3O2/c1-3-18-17(20-12-10-15(21)13-20)19-11-9-14-7-5-6-8-16(14)22-4-2/h5-8,15,21H,3-4,9-13H2,1-2H3,(H,18,19)/t15-/m1/s1. The molecular weight excluding hydrogens is 278 g/mol. The van der Waals surface area contributed by atoms with Crippen LogP contribution in [0.2, 0.25) is 0 Å². The summed E-state index contributed by atoms with van der Waals surface area (Å²) >= 11 is 0. The Morgan fingerprint density at radius 1 is 1.41 bits per heavy atom. The number of benzene rings is 1. The van der Waals surface area contributed by atoms with Crippen LogP contribution in [0.4, 0.5) is 0 Å². The van der Waals surface area contributed by atoms with Crippen molar-refractivity contribution in [2.75, 3.05) is 32.8 Å². The maximum Gasteiger partial charge on any atom is 0.194 e. The Bertz CT molecular complexity index is 491. The van der Waals surface area contributed by atoms with Crippen molar-refractivity contribution in [2.24, 2.45) is 4.99 Å². The molecule has 0 spiro atoms. The van der Waals surface area contributed by atoms with Crippen molar-refractivity contribution in [3.05, 3.63) is 29.8 Å². The third-order valence-corrected chi connectivity index (χ3v) is 3.71. The molecule has 1 aromatic carbocycles. The van der Waals surface area contributed by atoms with Crippen LogP contribution in [0.15, 0.2) is 29.3 Å². The predicted molar refractivity (Wildman–Crippen MR) is 89.5 cm³/mol. The number of aliphatic hydroxyl groups is 1. The van der Waals surface area contributed by atoms with Crippen molar-refractivity contribution in [1.82, 2.24) is 10.2 Å². The smallest absolute Gasteiger partial charge is 0.194 e. The summed E-state index contributed by atoms with van der Waals surface area (Å²) in [6.45, 7) is 7.81. The summed E-state index contributed by atoms with van der Waals surface area (Å²) in [5.41, 5.74) is 1.19. The van der Waals surface area contributed by atoms with E-state index in [2.05, 4.69) is 23.2 Å². The van der Waals surface area contributed by atoms with Crippen LogP contribution in [0.25, 0.3) is 0 Å². The van der Waals surface area contributed by atoms with Crippen molar-refractivity contribution in [3.8, 4) is 5.75 Å². The third kappa shape index (κ3) is 4.63.